The Balaban J connectivity index is 2.72. The van der Waals surface area contributed by atoms with Crippen molar-refractivity contribution in [3.05, 3.63) is 34.1 Å². The summed E-state index contributed by atoms with van der Waals surface area (Å²) in [7, 11) is 0. The molecule has 0 bridgehead atoms. The van der Waals surface area contributed by atoms with Crippen LogP contribution in [0.4, 0.5) is 22.0 Å². The molecule has 0 aliphatic carbocycles. The van der Waals surface area contributed by atoms with Crippen LogP contribution in [0.5, 0.6) is 0 Å². The lowest BCUT2D eigenvalue weighted by Crippen LogP contribution is -2.41. The molecule has 100 valence electrons. The zero-order valence-corrected chi connectivity index (χ0v) is 10.3. The zero-order valence-electron chi connectivity index (χ0n) is 8.69. The van der Waals surface area contributed by atoms with Gasteiger partial charge in [-0.15, -0.1) is 0 Å². The van der Waals surface area contributed by atoms with E-state index in [-0.39, 0.29) is 0 Å². The second-order valence-electron chi connectivity index (χ2n) is 3.37. The van der Waals surface area contributed by atoms with E-state index in [1.807, 2.05) is 0 Å². The Hall–Kier alpha value is -1.18. The molecule has 0 radical (unpaired) electrons. The summed E-state index contributed by atoms with van der Waals surface area (Å²) in [4.78, 5) is 11.3. The zero-order chi connectivity index (χ0) is 13.9. The molecule has 8 heteroatoms. The molecular weight excluding hydrogens is 325 g/mol. The molecule has 0 aliphatic heterocycles. The second kappa shape index (κ2) is 5.64. The van der Waals surface area contributed by atoms with Crippen molar-refractivity contribution >= 4 is 21.8 Å². The summed E-state index contributed by atoms with van der Waals surface area (Å²) in [6, 6.07) is 3.33. The molecule has 0 aliphatic rings. The summed E-state index contributed by atoms with van der Waals surface area (Å²) in [6.07, 6.45) is -3.90. The number of carbonyl (C=O) groups excluding carboxylic acids is 1. The molecule has 0 saturated heterocycles. The maximum atomic E-state index is 13.3. The van der Waals surface area contributed by atoms with Crippen molar-refractivity contribution in [1.82, 2.24) is 5.32 Å². The van der Waals surface area contributed by atoms with Crippen LogP contribution in [-0.4, -0.2) is 24.8 Å². The number of halogens is 6. The fraction of sp³-hybridized carbons (Fsp3) is 0.300. The number of hydrogen-bond donors (Lipinski definition) is 1. The van der Waals surface area contributed by atoms with E-state index in [2.05, 4.69) is 15.9 Å². The standard InChI is InChI=1S/C10H7BrF5NO/c11-5-1-2-6(7(12)3-5)8(18)17-4-10(15,16)9(13)14/h1-3,9H,4H2,(H,17,18). The highest BCUT2D eigenvalue weighted by molar-refractivity contribution is 9.10. The number of nitrogens with one attached hydrogen (secondary N) is 1. The fourth-order valence-electron chi connectivity index (χ4n) is 1.04. The van der Waals surface area contributed by atoms with Crippen LogP contribution in [0.3, 0.4) is 0 Å². The SMILES string of the molecule is O=C(NCC(F)(F)C(F)F)c1ccc(Br)cc1F. The second-order valence-corrected chi connectivity index (χ2v) is 4.28. The highest BCUT2D eigenvalue weighted by atomic mass is 79.9. The van der Waals surface area contributed by atoms with Gasteiger partial charge in [0.05, 0.1) is 12.1 Å². The van der Waals surface area contributed by atoms with E-state index < -0.39 is 36.2 Å². The smallest absolute Gasteiger partial charge is 0.324 e. The maximum Gasteiger partial charge on any atom is 0.324 e. The van der Waals surface area contributed by atoms with Crippen LogP contribution in [0, 0.1) is 5.82 Å². The van der Waals surface area contributed by atoms with Crippen molar-refractivity contribution in [2.75, 3.05) is 6.54 Å². The summed E-state index contributed by atoms with van der Waals surface area (Å²) in [5.41, 5.74) is -0.497. The predicted octanol–water partition coefficient (Wildman–Crippen LogP) is 3.22. The van der Waals surface area contributed by atoms with E-state index >= 15 is 0 Å². The van der Waals surface area contributed by atoms with Gasteiger partial charge >= 0.3 is 12.3 Å². The molecule has 18 heavy (non-hydrogen) atoms. The minimum absolute atomic E-state index is 0.356. The molecule has 1 N–H and O–H groups in total. The first-order valence-electron chi connectivity index (χ1n) is 4.63. The normalized spacial score (nSPS) is 11.7. The van der Waals surface area contributed by atoms with Gasteiger partial charge in [0.15, 0.2) is 0 Å². The lowest BCUT2D eigenvalue weighted by Gasteiger charge is -2.15. The number of hydrogen-bond acceptors (Lipinski definition) is 1. The lowest BCUT2D eigenvalue weighted by atomic mass is 10.2. The van der Waals surface area contributed by atoms with Crippen molar-refractivity contribution in [3.63, 3.8) is 0 Å². The first kappa shape index (κ1) is 14.9. The van der Waals surface area contributed by atoms with Crippen molar-refractivity contribution < 1.29 is 26.7 Å². The molecule has 0 aromatic heterocycles. The third-order valence-electron chi connectivity index (χ3n) is 1.98. The highest BCUT2D eigenvalue weighted by Gasteiger charge is 2.40. The molecule has 0 atom stereocenters. The molecule has 0 spiro atoms. The number of amides is 1. The van der Waals surface area contributed by atoms with Crippen LogP contribution < -0.4 is 5.32 Å². The van der Waals surface area contributed by atoms with Crippen molar-refractivity contribution in [2.24, 2.45) is 0 Å². The molecule has 0 fully saturated rings. The molecular formula is C10H7BrF5NO. The molecule has 1 amide bonds. The third kappa shape index (κ3) is 3.66. The van der Waals surface area contributed by atoms with Crippen LogP contribution >= 0.6 is 15.9 Å². The Kier molecular flexibility index (Phi) is 4.66. The predicted molar refractivity (Wildman–Crippen MR) is 57.4 cm³/mol. The lowest BCUT2D eigenvalue weighted by molar-refractivity contribution is -0.123. The van der Waals surface area contributed by atoms with Crippen molar-refractivity contribution in [3.8, 4) is 0 Å². The third-order valence-corrected chi connectivity index (χ3v) is 2.47. The number of alkyl halides is 4. The monoisotopic (exact) mass is 331 g/mol. The summed E-state index contributed by atoms with van der Waals surface area (Å²) >= 11 is 2.94. The van der Waals surface area contributed by atoms with E-state index in [4.69, 9.17) is 0 Å². The summed E-state index contributed by atoms with van der Waals surface area (Å²) < 4.78 is 62.3. The molecule has 0 unspecified atom stereocenters. The number of benzene rings is 1. The van der Waals surface area contributed by atoms with E-state index in [1.54, 1.807) is 5.32 Å². The minimum atomic E-state index is -4.35. The molecule has 1 rings (SSSR count). The Labute approximate surface area is 107 Å². The van der Waals surface area contributed by atoms with Gasteiger partial charge < -0.3 is 5.32 Å². The van der Waals surface area contributed by atoms with E-state index in [0.717, 1.165) is 12.1 Å². The summed E-state index contributed by atoms with van der Waals surface area (Å²) in [6.45, 7) is -1.56. The van der Waals surface area contributed by atoms with E-state index in [9.17, 15) is 26.7 Å². The average molecular weight is 332 g/mol. The number of carbonyl (C=O) groups is 1. The largest absolute Gasteiger partial charge is 0.346 e. The molecule has 2 nitrogen and oxygen atoms in total. The van der Waals surface area contributed by atoms with Gasteiger partial charge in [0, 0.05) is 4.47 Å². The van der Waals surface area contributed by atoms with Gasteiger partial charge in [0.1, 0.15) is 5.82 Å². The molecule has 0 saturated carbocycles. The van der Waals surface area contributed by atoms with Gasteiger partial charge in [0.25, 0.3) is 5.91 Å². The van der Waals surface area contributed by atoms with Crippen molar-refractivity contribution in [1.29, 1.82) is 0 Å². The molecule has 1 aromatic carbocycles. The van der Waals surface area contributed by atoms with Crippen LogP contribution in [-0.2, 0) is 0 Å². The molecule has 0 heterocycles. The first-order chi connectivity index (χ1) is 8.24. The van der Waals surface area contributed by atoms with E-state index in [0.29, 0.717) is 4.47 Å². The Bertz CT molecular complexity index is 452. The Morgan fingerprint density at radius 3 is 2.50 bits per heavy atom. The topological polar surface area (TPSA) is 29.1 Å². The Morgan fingerprint density at radius 1 is 1.39 bits per heavy atom. The highest BCUT2D eigenvalue weighted by Crippen LogP contribution is 2.22. The Morgan fingerprint density at radius 2 is 2.00 bits per heavy atom. The van der Waals surface area contributed by atoms with Crippen LogP contribution in [0.1, 0.15) is 10.4 Å². The average Bonchev–Trinajstić information content (AvgIpc) is 2.25. The van der Waals surface area contributed by atoms with Gasteiger partial charge in [0.2, 0.25) is 0 Å². The van der Waals surface area contributed by atoms with Gasteiger partial charge in [-0.05, 0) is 18.2 Å². The van der Waals surface area contributed by atoms with Crippen LogP contribution in [0.2, 0.25) is 0 Å². The van der Waals surface area contributed by atoms with Gasteiger partial charge in [-0.3, -0.25) is 4.79 Å². The summed E-state index contributed by atoms with van der Waals surface area (Å²) in [5, 5.41) is 1.56. The number of rotatable bonds is 4. The van der Waals surface area contributed by atoms with Gasteiger partial charge in [-0.1, -0.05) is 15.9 Å². The minimum Gasteiger partial charge on any atom is -0.346 e. The first-order valence-corrected chi connectivity index (χ1v) is 5.42. The quantitative estimate of drug-likeness (QED) is 0.843. The molecule has 1 aromatic rings. The maximum absolute atomic E-state index is 13.3. The van der Waals surface area contributed by atoms with Gasteiger partial charge in [-0.25, -0.2) is 13.2 Å². The van der Waals surface area contributed by atoms with E-state index in [1.165, 1.54) is 6.07 Å². The van der Waals surface area contributed by atoms with Crippen LogP contribution in [0.15, 0.2) is 22.7 Å². The summed E-state index contributed by atoms with van der Waals surface area (Å²) in [5.74, 6) is -6.47. The van der Waals surface area contributed by atoms with Gasteiger partial charge in [-0.2, -0.15) is 8.78 Å². The van der Waals surface area contributed by atoms with Crippen LogP contribution in [0.25, 0.3) is 0 Å². The fourth-order valence-corrected chi connectivity index (χ4v) is 1.38. The van der Waals surface area contributed by atoms with Crippen molar-refractivity contribution in [2.45, 2.75) is 12.3 Å².